The van der Waals surface area contributed by atoms with Gasteiger partial charge in [0, 0.05) is 24.6 Å². The molecule has 0 bridgehead atoms. The van der Waals surface area contributed by atoms with E-state index in [0.717, 1.165) is 11.3 Å². The Morgan fingerprint density at radius 3 is 2.50 bits per heavy atom. The van der Waals surface area contributed by atoms with Gasteiger partial charge < -0.3 is 10.1 Å². The molecule has 0 saturated carbocycles. The van der Waals surface area contributed by atoms with E-state index in [0.29, 0.717) is 26.0 Å². The van der Waals surface area contributed by atoms with Crippen molar-refractivity contribution in [1.82, 2.24) is 9.62 Å². The van der Waals surface area contributed by atoms with Crippen LogP contribution in [0.2, 0.25) is 0 Å². The standard InChI is InChI=1S/C22H27FN2O4S/c1-17-6-2-5-9-21(17)29-15-12-24-22(26)18-10-13-25(14-11-18)30(27,28)16-19-7-3-4-8-20(19)23/h2-9,18H,10-16H2,1H3,(H,24,26). The topological polar surface area (TPSA) is 75.7 Å². The van der Waals surface area contributed by atoms with E-state index in [1.54, 1.807) is 6.07 Å². The van der Waals surface area contributed by atoms with Crippen molar-refractivity contribution in [2.75, 3.05) is 26.2 Å². The maximum Gasteiger partial charge on any atom is 0.223 e. The van der Waals surface area contributed by atoms with Crippen LogP contribution in [0.1, 0.15) is 24.0 Å². The lowest BCUT2D eigenvalue weighted by molar-refractivity contribution is -0.126. The monoisotopic (exact) mass is 434 g/mol. The number of rotatable bonds is 8. The average molecular weight is 435 g/mol. The molecule has 2 aromatic carbocycles. The Bertz CT molecular complexity index is 973. The van der Waals surface area contributed by atoms with Crippen molar-refractivity contribution in [3.8, 4) is 5.75 Å². The molecule has 0 spiro atoms. The van der Waals surface area contributed by atoms with Crippen molar-refractivity contribution < 1.29 is 22.3 Å². The van der Waals surface area contributed by atoms with Gasteiger partial charge in [-0.3, -0.25) is 4.79 Å². The van der Waals surface area contributed by atoms with Crippen LogP contribution in [0.25, 0.3) is 0 Å². The van der Waals surface area contributed by atoms with Crippen LogP contribution in [0.15, 0.2) is 48.5 Å². The van der Waals surface area contributed by atoms with Crippen LogP contribution in [-0.2, 0) is 20.6 Å². The van der Waals surface area contributed by atoms with E-state index in [1.807, 2.05) is 31.2 Å². The van der Waals surface area contributed by atoms with Gasteiger partial charge in [0.15, 0.2) is 0 Å². The number of carbonyl (C=O) groups excluding carboxylic acids is 1. The van der Waals surface area contributed by atoms with Crippen LogP contribution in [0.5, 0.6) is 5.75 Å². The number of aryl methyl sites for hydroxylation is 1. The van der Waals surface area contributed by atoms with Gasteiger partial charge in [0.1, 0.15) is 18.2 Å². The molecule has 1 N–H and O–H groups in total. The average Bonchev–Trinajstić information content (AvgIpc) is 2.74. The maximum atomic E-state index is 13.8. The zero-order valence-electron chi connectivity index (χ0n) is 17.0. The lowest BCUT2D eigenvalue weighted by Crippen LogP contribution is -2.44. The molecule has 8 heteroatoms. The third kappa shape index (κ3) is 5.79. The van der Waals surface area contributed by atoms with Crippen LogP contribution < -0.4 is 10.1 Å². The summed E-state index contributed by atoms with van der Waals surface area (Å²) in [6.07, 6.45) is 0.891. The Morgan fingerprint density at radius 2 is 1.80 bits per heavy atom. The number of hydrogen-bond acceptors (Lipinski definition) is 4. The van der Waals surface area contributed by atoms with Crippen LogP contribution in [0.3, 0.4) is 0 Å². The molecule has 0 aliphatic carbocycles. The second-order valence-electron chi connectivity index (χ2n) is 7.43. The minimum absolute atomic E-state index is 0.0884. The first-order valence-electron chi connectivity index (χ1n) is 10.0. The number of hydrogen-bond donors (Lipinski definition) is 1. The van der Waals surface area contributed by atoms with Crippen LogP contribution in [0, 0.1) is 18.7 Å². The highest BCUT2D eigenvalue weighted by Crippen LogP contribution is 2.22. The summed E-state index contributed by atoms with van der Waals surface area (Å²) < 4.78 is 46.0. The molecule has 0 aromatic heterocycles. The summed E-state index contributed by atoms with van der Waals surface area (Å²) in [4.78, 5) is 12.4. The molecular weight excluding hydrogens is 407 g/mol. The Balaban J connectivity index is 1.42. The van der Waals surface area contributed by atoms with E-state index in [2.05, 4.69) is 5.32 Å². The number of amides is 1. The first kappa shape index (κ1) is 22.2. The molecule has 6 nitrogen and oxygen atoms in total. The van der Waals surface area contributed by atoms with Crippen molar-refractivity contribution >= 4 is 15.9 Å². The molecule has 1 aliphatic heterocycles. The highest BCUT2D eigenvalue weighted by atomic mass is 32.2. The number of benzene rings is 2. The zero-order valence-corrected chi connectivity index (χ0v) is 17.8. The highest BCUT2D eigenvalue weighted by Gasteiger charge is 2.31. The van der Waals surface area contributed by atoms with Gasteiger partial charge in [0.25, 0.3) is 0 Å². The minimum Gasteiger partial charge on any atom is -0.491 e. The zero-order chi connectivity index (χ0) is 21.6. The van der Waals surface area contributed by atoms with Crippen molar-refractivity contribution in [2.24, 2.45) is 5.92 Å². The molecule has 1 aliphatic rings. The van der Waals surface area contributed by atoms with Crippen molar-refractivity contribution in [2.45, 2.75) is 25.5 Å². The number of sulfonamides is 1. The number of halogens is 1. The lowest BCUT2D eigenvalue weighted by Gasteiger charge is -2.30. The number of carbonyl (C=O) groups is 1. The van der Waals surface area contributed by atoms with E-state index >= 15 is 0 Å². The number of para-hydroxylation sites is 1. The molecular formula is C22H27FN2O4S. The van der Waals surface area contributed by atoms with Gasteiger partial charge in [-0.2, -0.15) is 0 Å². The molecule has 162 valence electrons. The van der Waals surface area contributed by atoms with Crippen molar-refractivity contribution in [3.63, 3.8) is 0 Å². The van der Waals surface area contributed by atoms with Gasteiger partial charge in [-0.05, 0) is 37.5 Å². The number of piperidine rings is 1. The van der Waals surface area contributed by atoms with E-state index in [9.17, 15) is 17.6 Å². The molecule has 0 atom stereocenters. The third-order valence-corrected chi connectivity index (χ3v) is 7.09. The highest BCUT2D eigenvalue weighted by molar-refractivity contribution is 7.88. The Morgan fingerprint density at radius 1 is 1.13 bits per heavy atom. The molecule has 0 unspecified atom stereocenters. The normalized spacial score (nSPS) is 15.7. The van der Waals surface area contributed by atoms with E-state index in [4.69, 9.17) is 4.74 Å². The van der Waals surface area contributed by atoms with Gasteiger partial charge in [-0.25, -0.2) is 17.1 Å². The van der Waals surface area contributed by atoms with Crippen LogP contribution in [-0.4, -0.2) is 44.9 Å². The summed E-state index contributed by atoms with van der Waals surface area (Å²) >= 11 is 0. The molecule has 1 saturated heterocycles. The molecule has 0 radical (unpaired) electrons. The summed E-state index contributed by atoms with van der Waals surface area (Å²) in [7, 11) is -3.62. The van der Waals surface area contributed by atoms with Gasteiger partial charge in [-0.1, -0.05) is 36.4 Å². The SMILES string of the molecule is Cc1ccccc1OCCNC(=O)C1CCN(S(=O)(=O)Cc2ccccc2F)CC1. The van der Waals surface area contributed by atoms with Crippen LogP contribution >= 0.6 is 0 Å². The third-order valence-electron chi connectivity index (χ3n) is 5.27. The Hall–Kier alpha value is -2.45. The summed E-state index contributed by atoms with van der Waals surface area (Å²) in [5.41, 5.74) is 1.19. The molecule has 1 amide bonds. The largest absolute Gasteiger partial charge is 0.491 e. The van der Waals surface area contributed by atoms with Gasteiger partial charge in [0.2, 0.25) is 15.9 Å². The Labute approximate surface area is 177 Å². The smallest absolute Gasteiger partial charge is 0.223 e. The molecule has 2 aromatic rings. The van der Waals surface area contributed by atoms with E-state index in [1.165, 1.54) is 22.5 Å². The maximum absolute atomic E-state index is 13.8. The number of ether oxygens (including phenoxy) is 1. The second kappa shape index (κ2) is 10.0. The first-order valence-corrected chi connectivity index (χ1v) is 11.6. The number of nitrogens with zero attached hydrogens (tertiary/aromatic N) is 1. The lowest BCUT2D eigenvalue weighted by atomic mass is 9.97. The molecule has 1 heterocycles. The quantitative estimate of drug-likeness (QED) is 0.649. The van der Waals surface area contributed by atoms with E-state index in [-0.39, 0.29) is 36.2 Å². The van der Waals surface area contributed by atoms with Gasteiger partial charge >= 0.3 is 0 Å². The van der Waals surface area contributed by atoms with Crippen molar-refractivity contribution in [3.05, 3.63) is 65.5 Å². The predicted molar refractivity (Wildman–Crippen MR) is 113 cm³/mol. The molecule has 1 fully saturated rings. The Kier molecular flexibility index (Phi) is 7.44. The van der Waals surface area contributed by atoms with Gasteiger partial charge in [-0.15, -0.1) is 0 Å². The summed E-state index contributed by atoms with van der Waals surface area (Å²) in [6.45, 7) is 3.23. The van der Waals surface area contributed by atoms with Gasteiger partial charge in [0.05, 0.1) is 12.3 Å². The molecule has 3 rings (SSSR count). The van der Waals surface area contributed by atoms with Crippen molar-refractivity contribution in [1.29, 1.82) is 0 Å². The fourth-order valence-electron chi connectivity index (χ4n) is 3.50. The minimum atomic E-state index is -3.62. The predicted octanol–water partition coefficient (Wildman–Crippen LogP) is 2.87. The second-order valence-corrected chi connectivity index (χ2v) is 9.39. The first-order chi connectivity index (χ1) is 14.4. The van der Waals surface area contributed by atoms with E-state index < -0.39 is 15.8 Å². The fraction of sp³-hybridized carbons (Fsp3) is 0.409. The summed E-state index contributed by atoms with van der Waals surface area (Å²) in [5.74, 6) is -0.423. The number of nitrogens with one attached hydrogen (secondary N) is 1. The van der Waals surface area contributed by atoms with Crippen LogP contribution in [0.4, 0.5) is 4.39 Å². The fourth-order valence-corrected chi connectivity index (χ4v) is 5.07. The summed E-state index contributed by atoms with van der Waals surface area (Å²) in [6, 6.07) is 13.6. The summed E-state index contributed by atoms with van der Waals surface area (Å²) in [5, 5.41) is 2.86. The molecule has 30 heavy (non-hydrogen) atoms.